The maximum absolute atomic E-state index is 11.5. The molecule has 0 aliphatic carbocycles. The molecule has 1 aromatic carbocycles. The van der Waals surface area contributed by atoms with Crippen LogP contribution in [0, 0.1) is 0 Å². The lowest BCUT2D eigenvalue weighted by Gasteiger charge is -1.99. The average Bonchev–Trinajstić information content (AvgIpc) is 2.48. The van der Waals surface area contributed by atoms with Crippen molar-refractivity contribution in [1.29, 1.82) is 0 Å². The minimum absolute atomic E-state index is 0.0496. The van der Waals surface area contributed by atoms with Gasteiger partial charge in [0, 0.05) is 6.42 Å². The van der Waals surface area contributed by atoms with Gasteiger partial charge in [0.15, 0.2) is 5.78 Å². The molecule has 0 aliphatic rings. The fourth-order valence-electron chi connectivity index (χ4n) is 1.93. The number of hydrogen-bond acceptors (Lipinski definition) is 3. The van der Waals surface area contributed by atoms with E-state index in [-0.39, 0.29) is 5.78 Å². The summed E-state index contributed by atoms with van der Waals surface area (Å²) in [4.78, 5) is 16.6. The van der Waals surface area contributed by atoms with E-state index >= 15 is 0 Å². The fraction of sp³-hybridized carbons (Fsp3) is 0.529. The van der Waals surface area contributed by atoms with E-state index in [1.165, 1.54) is 31.9 Å². The third-order valence-electron chi connectivity index (χ3n) is 3.12. The summed E-state index contributed by atoms with van der Waals surface area (Å²) in [7, 11) is 0. The van der Waals surface area contributed by atoms with E-state index < -0.39 is 0 Å². The molecule has 3 heteroatoms. The molecule has 0 aliphatic heterocycles. The fourth-order valence-corrected chi connectivity index (χ4v) is 1.93. The van der Waals surface area contributed by atoms with Crippen molar-refractivity contribution in [3.63, 3.8) is 0 Å². The number of Topliss-reactive ketones (excluding diaryl/α,β-unsaturated/α-hetero) is 1. The third-order valence-corrected chi connectivity index (χ3v) is 3.12. The Hall–Kier alpha value is -1.64. The van der Waals surface area contributed by atoms with Crippen LogP contribution in [0.15, 0.2) is 35.5 Å². The molecule has 0 atom stereocenters. The van der Waals surface area contributed by atoms with Crippen LogP contribution in [-0.4, -0.2) is 12.0 Å². The predicted molar refractivity (Wildman–Crippen MR) is 82.7 cm³/mol. The van der Waals surface area contributed by atoms with Crippen LogP contribution in [0.3, 0.4) is 0 Å². The predicted octanol–water partition coefficient (Wildman–Crippen LogP) is 4.51. The SMILES string of the molecule is CCCCCCCCC(=O)/C=N\OCc1ccccc1. The molecule has 0 radical (unpaired) electrons. The van der Waals surface area contributed by atoms with Gasteiger partial charge in [-0.2, -0.15) is 0 Å². The van der Waals surface area contributed by atoms with Gasteiger partial charge in [-0.3, -0.25) is 4.79 Å². The monoisotopic (exact) mass is 275 g/mol. The van der Waals surface area contributed by atoms with Gasteiger partial charge in [0.05, 0.1) is 0 Å². The summed E-state index contributed by atoms with van der Waals surface area (Å²) in [6.45, 7) is 2.61. The van der Waals surface area contributed by atoms with E-state index in [2.05, 4.69) is 12.1 Å². The van der Waals surface area contributed by atoms with Crippen molar-refractivity contribution in [1.82, 2.24) is 0 Å². The zero-order valence-corrected chi connectivity index (χ0v) is 12.4. The number of ketones is 1. The van der Waals surface area contributed by atoms with Crippen LogP contribution in [0.1, 0.15) is 57.4 Å². The normalized spacial score (nSPS) is 10.8. The Balaban J connectivity index is 2.02. The highest BCUT2D eigenvalue weighted by Crippen LogP contribution is 2.06. The highest BCUT2D eigenvalue weighted by molar-refractivity contribution is 6.27. The lowest BCUT2D eigenvalue weighted by atomic mass is 10.1. The Morgan fingerprint density at radius 3 is 2.55 bits per heavy atom. The molecular formula is C17H25NO2. The molecule has 0 spiro atoms. The van der Waals surface area contributed by atoms with Crippen LogP contribution in [-0.2, 0) is 16.2 Å². The molecule has 1 aromatic rings. The van der Waals surface area contributed by atoms with Gasteiger partial charge in [-0.05, 0) is 12.0 Å². The molecule has 0 saturated carbocycles. The number of rotatable bonds is 11. The number of oxime groups is 1. The molecule has 0 fully saturated rings. The summed E-state index contributed by atoms with van der Waals surface area (Å²) in [6.07, 6.45) is 9.01. The highest BCUT2D eigenvalue weighted by atomic mass is 16.6. The largest absolute Gasteiger partial charge is 0.391 e. The van der Waals surface area contributed by atoms with Gasteiger partial charge < -0.3 is 4.84 Å². The van der Waals surface area contributed by atoms with E-state index in [1.54, 1.807) is 0 Å². The van der Waals surface area contributed by atoms with E-state index in [0.29, 0.717) is 13.0 Å². The van der Waals surface area contributed by atoms with Gasteiger partial charge in [-0.1, -0.05) is 74.5 Å². The highest BCUT2D eigenvalue weighted by Gasteiger charge is 1.98. The van der Waals surface area contributed by atoms with Crippen LogP contribution in [0.2, 0.25) is 0 Å². The third kappa shape index (κ3) is 8.46. The standard InChI is InChI=1S/C17H25NO2/c1-2-3-4-5-6-10-13-17(19)14-18-20-15-16-11-8-7-9-12-16/h7-9,11-12,14H,2-6,10,13,15H2,1H3/b18-14-. The van der Waals surface area contributed by atoms with Crippen molar-refractivity contribution in [3.05, 3.63) is 35.9 Å². The Morgan fingerprint density at radius 1 is 1.10 bits per heavy atom. The zero-order chi connectivity index (χ0) is 14.5. The van der Waals surface area contributed by atoms with Crippen LogP contribution >= 0.6 is 0 Å². The summed E-state index contributed by atoms with van der Waals surface area (Å²) in [5.74, 6) is 0.0496. The molecule has 0 saturated heterocycles. The number of nitrogens with zero attached hydrogens (tertiary/aromatic N) is 1. The molecule has 0 aromatic heterocycles. The average molecular weight is 275 g/mol. The maximum atomic E-state index is 11.5. The molecular weight excluding hydrogens is 250 g/mol. The molecule has 0 N–H and O–H groups in total. The van der Waals surface area contributed by atoms with Crippen LogP contribution < -0.4 is 0 Å². The van der Waals surface area contributed by atoms with Crippen LogP contribution in [0.4, 0.5) is 0 Å². The van der Waals surface area contributed by atoms with Crippen LogP contribution in [0.25, 0.3) is 0 Å². The number of hydrogen-bond donors (Lipinski definition) is 0. The number of benzene rings is 1. The summed E-state index contributed by atoms with van der Waals surface area (Å²) in [5, 5.41) is 3.72. The number of carbonyl (C=O) groups is 1. The first-order valence-electron chi connectivity index (χ1n) is 7.55. The number of unbranched alkanes of at least 4 members (excludes halogenated alkanes) is 5. The molecule has 0 heterocycles. The Labute approximate surface area is 122 Å². The van der Waals surface area contributed by atoms with Crippen molar-refractivity contribution in [3.8, 4) is 0 Å². The molecule has 0 amide bonds. The van der Waals surface area contributed by atoms with Crippen molar-refractivity contribution in [2.45, 2.75) is 58.5 Å². The number of carbonyl (C=O) groups excluding carboxylic acids is 1. The summed E-state index contributed by atoms with van der Waals surface area (Å²) in [5.41, 5.74) is 1.05. The molecule has 20 heavy (non-hydrogen) atoms. The van der Waals surface area contributed by atoms with E-state index in [4.69, 9.17) is 4.84 Å². The lowest BCUT2D eigenvalue weighted by Crippen LogP contribution is -1.99. The first-order chi connectivity index (χ1) is 9.83. The summed E-state index contributed by atoms with van der Waals surface area (Å²) >= 11 is 0. The summed E-state index contributed by atoms with van der Waals surface area (Å²) in [6, 6.07) is 9.79. The first kappa shape index (κ1) is 16.4. The smallest absolute Gasteiger partial charge is 0.177 e. The van der Waals surface area contributed by atoms with Gasteiger partial charge in [0.2, 0.25) is 0 Å². The molecule has 0 unspecified atom stereocenters. The second kappa shape index (κ2) is 11.2. The Bertz CT molecular complexity index is 387. The van der Waals surface area contributed by atoms with Gasteiger partial charge in [0.1, 0.15) is 12.8 Å². The minimum atomic E-state index is 0.0496. The molecule has 110 valence electrons. The van der Waals surface area contributed by atoms with Gasteiger partial charge in [-0.25, -0.2) is 0 Å². The van der Waals surface area contributed by atoms with E-state index in [0.717, 1.165) is 18.4 Å². The maximum Gasteiger partial charge on any atom is 0.177 e. The molecule has 3 nitrogen and oxygen atoms in total. The van der Waals surface area contributed by atoms with E-state index in [9.17, 15) is 4.79 Å². The topological polar surface area (TPSA) is 38.7 Å². The van der Waals surface area contributed by atoms with Crippen molar-refractivity contribution in [2.75, 3.05) is 0 Å². The van der Waals surface area contributed by atoms with Crippen molar-refractivity contribution in [2.24, 2.45) is 5.16 Å². The Morgan fingerprint density at radius 2 is 1.80 bits per heavy atom. The molecule has 0 bridgehead atoms. The summed E-state index contributed by atoms with van der Waals surface area (Å²) < 4.78 is 0. The Kier molecular flexibility index (Phi) is 9.20. The quantitative estimate of drug-likeness (QED) is 0.338. The second-order valence-corrected chi connectivity index (χ2v) is 4.98. The van der Waals surface area contributed by atoms with Gasteiger partial charge >= 0.3 is 0 Å². The molecule has 1 rings (SSSR count). The first-order valence-corrected chi connectivity index (χ1v) is 7.55. The minimum Gasteiger partial charge on any atom is -0.391 e. The van der Waals surface area contributed by atoms with Crippen molar-refractivity contribution < 1.29 is 9.63 Å². The van der Waals surface area contributed by atoms with Crippen LogP contribution in [0.5, 0.6) is 0 Å². The lowest BCUT2D eigenvalue weighted by molar-refractivity contribution is -0.112. The van der Waals surface area contributed by atoms with Crippen molar-refractivity contribution >= 4 is 12.0 Å². The van der Waals surface area contributed by atoms with Gasteiger partial charge in [0.25, 0.3) is 0 Å². The van der Waals surface area contributed by atoms with E-state index in [1.807, 2.05) is 30.3 Å². The van der Waals surface area contributed by atoms with Gasteiger partial charge in [-0.15, -0.1) is 0 Å². The zero-order valence-electron chi connectivity index (χ0n) is 12.4. The second-order valence-electron chi connectivity index (χ2n) is 4.98.